The molecule has 31 heavy (non-hydrogen) atoms. The average Bonchev–Trinajstić information content (AvgIpc) is 3.17. The normalized spacial score (nSPS) is 11.3. The minimum atomic E-state index is 0.0644. The first kappa shape index (κ1) is 21.3. The lowest BCUT2D eigenvalue weighted by atomic mass is 10.0. The maximum Gasteiger partial charge on any atom is 0.233 e. The molecule has 0 saturated carbocycles. The summed E-state index contributed by atoms with van der Waals surface area (Å²) in [6.45, 7) is 9.05. The number of benzene rings is 3. The number of carbonyl (C=O) groups excluding carboxylic acids is 1. The number of hydrogen-bond donors (Lipinski definition) is 0. The van der Waals surface area contributed by atoms with Crippen LogP contribution in [0.25, 0.3) is 10.2 Å². The Labute approximate surface area is 188 Å². The number of aromatic nitrogens is 1. The van der Waals surface area contributed by atoms with Gasteiger partial charge >= 0.3 is 0 Å². The molecule has 4 aromatic rings. The number of amides is 1. The summed E-state index contributed by atoms with van der Waals surface area (Å²) in [5, 5.41) is 0.761. The van der Waals surface area contributed by atoms with Gasteiger partial charge in [0.1, 0.15) is 0 Å². The molecule has 0 unspecified atom stereocenters. The minimum Gasteiger partial charge on any atom is -0.283 e. The molecule has 0 radical (unpaired) electrons. The van der Waals surface area contributed by atoms with Crippen LogP contribution in [-0.2, 0) is 17.8 Å². The number of rotatable bonds is 6. The molecule has 0 aliphatic rings. The van der Waals surface area contributed by atoms with Crippen LogP contribution in [0.2, 0.25) is 0 Å². The average molecular weight is 429 g/mol. The molecule has 0 aliphatic carbocycles. The van der Waals surface area contributed by atoms with Crippen LogP contribution in [0.1, 0.15) is 47.6 Å². The van der Waals surface area contributed by atoms with Crippen LogP contribution in [0, 0.1) is 13.8 Å². The van der Waals surface area contributed by atoms with Gasteiger partial charge in [-0.3, -0.25) is 9.69 Å². The van der Waals surface area contributed by atoms with Crippen LogP contribution >= 0.6 is 11.3 Å². The van der Waals surface area contributed by atoms with Gasteiger partial charge in [0.05, 0.1) is 23.2 Å². The van der Waals surface area contributed by atoms with Gasteiger partial charge < -0.3 is 0 Å². The Balaban J connectivity index is 1.67. The van der Waals surface area contributed by atoms with Crippen molar-refractivity contribution < 1.29 is 4.79 Å². The first-order chi connectivity index (χ1) is 14.9. The molecule has 0 aliphatic heterocycles. The lowest BCUT2D eigenvalue weighted by Crippen LogP contribution is -2.31. The van der Waals surface area contributed by atoms with Gasteiger partial charge in [0.25, 0.3) is 0 Å². The SMILES string of the molecule is Cc1cc(C)c2nc(N(Cc3ccccc3)C(=O)Cc3ccc(C(C)C)cc3)sc2c1. The Morgan fingerprint density at radius 1 is 0.968 bits per heavy atom. The van der Waals surface area contributed by atoms with Crippen molar-refractivity contribution in [3.05, 3.63) is 94.5 Å². The Kier molecular flexibility index (Phi) is 6.19. The second kappa shape index (κ2) is 9.03. The number of anilines is 1. The molecule has 0 atom stereocenters. The van der Waals surface area contributed by atoms with Gasteiger partial charge in [0.15, 0.2) is 5.13 Å². The molecule has 4 rings (SSSR count). The van der Waals surface area contributed by atoms with E-state index in [0.29, 0.717) is 18.9 Å². The highest BCUT2D eigenvalue weighted by atomic mass is 32.1. The fourth-order valence-electron chi connectivity index (χ4n) is 3.79. The predicted octanol–water partition coefficient (Wildman–Crippen LogP) is 6.81. The largest absolute Gasteiger partial charge is 0.283 e. The fraction of sp³-hybridized carbons (Fsp3) is 0.259. The van der Waals surface area contributed by atoms with Crippen LogP contribution in [0.15, 0.2) is 66.7 Å². The fourth-order valence-corrected chi connectivity index (χ4v) is 4.95. The van der Waals surface area contributed by atoms with E-state index in [2.05, 4.69) is 76.2 Å². The Bertz CT molecular complexity index is 1190. The number of nitrogens with zero attached hydrogens (tertiary/aromatic N) is 2. The van der Waals surface area contributed by atoms with Crippen molar-refractivity contribution in [1.29, 1.82) is 0 Å². The van der Waals surface area contributed by atoms with Crippen LogP contribution in [0.3, 0.4) is 0 Å². The van der Waals surface area contributed by atoms with Crippen molar-refractivity contribution >= 4 is 32.6 Å². The highest BCUT2D eigenvalue weighted by Crippen LogP contribution is 2.33. The maximum atomic E-state index is 13.5. The lowest BCUT2D eigenvalue weighted by Gasteiger charge is -2.20. The van der Waals surface area contributed by atoms with E-state index >= 15 is 0 Å². The first-order valence-corrected chi connectivity index (χ1v) is 11.5. The third kappa shape index (κ3) is 4.86. The predicted molar refractivity (Wildman–Crippen MR) is 131 cm³/mol. The molecule has 0 fully saturated rings. The third-order valence-corrected chi connectivity index (χ3v) is 6.56. The number of hydrogen-bond acceptors (Lipinski definition) is 3. The molecular formula is C27H28N2OS. The molecule has 4 heteroatoms. The molecular weight excluding hydrogens is 400 g/mol. The van der Waals surface area contributed by atoms with Crippen LogP contribution in [0.5, 0.6) is 0 Å². The molecule has 1 aromatic heterocycles. The zero-order valence-corrected chi connectivity index (χ0v) is 19.4. The molecule has 0 N–H and O–H groups in total. The maximum absolute atomic E-state index is 13.5. The summed E-state index contributed by atoms with van der Waals surface area (Å²) in [6, 6.07) is 22.8. The van der Waals surface area contributed by atoms with Crippen molar-refractivity contribution in [2.75, 3.05) is 4.90 Å². The van der Waals surface area contributed by atoms with Gasteiger partial charge in [-0.1, -0.05) is 85.8 Å². The van der Waals surface area contributed by atoms with Crippen molar-refractivity contribution in [1.82, 2.24) is 4.98 Å². The standard InChI is InChI=1S/C27H28N2OS/c1-18(2)23-12-10-21(11-13-23)16-25(30)29(17-22-8-6-5-7-9-22)27-28-26-20(4)14-19(3)15-24(26)31-27/h5-15,18H,16-17H2,1-4H3. The highest BCUT2D eigenvalue weighted by Gasteiger charge is 2.21. The molecule has 0 spiro atoms. The summed E-state index contributed by atoms with van der Waals surface area (Å²) in [7, 11) is 0. The molecule has 3 nitrogen and oxygen atoms in total. The summed E-state index contributed by atoms with van der Waals surface area (Å²) in [4.78, 5) is 20.2. The summed E-state index contributed by atoms with van der Waals surface area (Å²) >= 11 is 1.59. The summed E-state index contributed by atoms with van der Waals surface area (Å²) < 4.78 is 1.12. The van der Waals surface area contributed by atoms with E-state index in [1.165, 1.54) is 11.1 Å². The zero-order valence-electron chi connectivity index (χ0n) is 18.6. The van der Waals surface area contributed by atoms with Gasteiger partial charge in [-0.15, -0.1) is 0 Å². The molecule has 1 heterocycles. The topological polar surface area (TPSA) is 33.2 Å². The highest BCUT2D eigenvalue weighted by molar-refractivity contribution is 7.22. The smallest absolute Gasteiger partial charge is 0.233 e. The molecule has 158 valence electrons. The monoisotopic (exact) mass is 428 g/mol. The number of thiazole rings is 1. The minimum absolute atomic E-state index is 0.0644. The van der Waals surface area contributed by atoms with Gasteiger partial charge in [-0.25, -0.2) is 4.98 Å². The van der Waals surface area contributed by atoms with E-state index in [4.69, 9.17) is 4.98 Å². The summed E-state index contributed by atoms with van der Waals surface area (Å²) in [5.74, 6) is 0.545. The third-order valence-electron chi connectivity index (χ3n) is 5.54. The van der Waals surface area contributed by atoms with Crippen molar-refractivity contribution in [3.8, 4) is 0 Å². The molecule has 1 amide bonds. The second-order valence-electron chi connectivity index (χ2n) is 8.46. The van der Waals surface area contributed by atoms with E-state index in [9.17, 15) is 4.79 Å². The van der Waals surface area contributed by atoms with Crippen LogP contribution in [-0.4, -0.2) is 10.9 Å². The molecule has 0 saturated heterocycles. The Hall–Kier alpha value is -2.98. The first-order valence-electron chi connectivity index (χ1n) is 10.7. The van der Waals surface area contributed by atoms with E-state index in [-0.39, 0.29) is 5.91 Å². The summed E-state index contributed by atoms with van der Waals surface area (Å²) in [6.07, 6.45) is 0.360. The van der Waals surface area contributed by atoms with Crippen LogP contribution < -0.4 is 4.90 Å². The second-order valence-corrected chi connectivity index (χ2v) is 9.47. The van der Waals surface area contributed by atoms with E-state index in [1.54, 1.807) is 11.3 Å². The van der Waals surface area contributed by atoms with Crippen LogP contribution in [0.4, 0.5) is 5.13 Å². The molecule has 3 aromatic carbocycles. The van der Waals surface area contributed by atoms with Gasteiger partial charge in [-0.05, 0) is 53.6 Å². The van der Waals surface area contributed by atoms with E-state index in [0.717, 1.165) is 32.0 Å². The number of carbonyl (C=O) groups is 1. The van der Waals surface area contributed by atoms with Gasteiger partial charge in [0.2, 0.25) is 5.91 Å². The van der Waals surface area contributed by atoms with Crippen molar-refractivity contribution in [2.45, 2.75) is 46.6 Å². The quantitative estimate of drug-likeness (QED) is 0.338. The van der Waals surface area contributed by atoms with E-state index in [1.807, 2.05) is 23.1 Å². The summed E-state index contributed by atoms with van der Waals surface area (Å²) in [5.41, 5.74) is 6.76. The number of fused-ring (bicyclic) bond motifs is 1. The Morgan fingerprint density at radius 2 is 1.68 bits per heavy atom. The number of aryl methyl sites for hydroxylation is 2. The van der Waals surface area contributed by atoms with Crippen molar-refractivity contribution in [3.63, 3.8) is 0 Å². The molecule has 0 bridgehead atoms. The zero-order chi connectivity index (χ0) is 22.0. The van der Waals surface area contributed by atoms with E-state index < -0.39 is 0 Å². The van der Waals surface area contributed by atoms with Gasteiger partial charge in [-0.2, -0.15) is 0 Å². The van der Waals surface area contributed by atoms with Gasteiger partial charge in [0, 0.05) is 0 Å². The lowest BCUT2D eigenvalue weighted by molar-refractivity contribution is -0.118. The Morgan fingerprint density at radius 3 is 2.35 bits per heavy atom. The van der Waals surface area contributed by atoms with Crippen molar-refractivity contribution in [2.24, 2.45) is 0 Å².